The Morgan fingerprint density at radius 3 is 2.73 bits per heavy atom. The monoisotopic (exact) mass is 204 g/mol. The van der Waals surface area contributed by atoms with Gasteiger partial charge in [0.1, 0.15) is 6.10 Å². The van der Waals surface area contributed by atoms with E-state index < -0.39 is 12.4 Å². The number of rotatable bonds is 2. The maximum absolute atomic E-state index is 11.4. The molecule has 2 atom stereocenters. The van der Waals surface area contributed by atoms with E-state index >= 15 is 0 Å². The molecule has 0 spiro atoms. The summed E-state index contributed by atoms with van der Waals surface area (Å²) in [6.07, 6.45) is 1.70. The highest BCUT2D eigenvalue weighted by atomic mass is 16.6. The Morgan fingerprint density at radius 2 is 2.00 bits per heavy atom. The largest absolute Gasteiger partial charge is 0.365 e. The molecular weight excluding hydrogens is 192 g/mol. The van der Waals surface area contributed by atoms with E-state index in [1.54, 1.807) is 0 Å². The minimum Gasteiger partial charge on any atom is -0.365 e. The van der Waals surface area contributed by atoms with Gasteiger partial charge in [0.25, 0.3) is 0 Å². The Hall–Kier alpha value is -1.45. The first kappa shape index (κ1) is 10.1. The van der Waals surface area contributed by atoms with E-state index in [1.165, 1.54) is 12.2 Å². The summed E-state index contributed by atoms with van der Waals surface area (Å²) in [5, 5.41) is 9.21. The van der Waals surface area contributed by atoms with Crippen molar-refractivity contribution in [2.45, 2.75) is 18.8 Å². The smallest absolute Gasteiger partial charge is 0.184 e. The van der Waals surface area contributed by atoms with Crippen molar-refractivity contribution in [1.29, 1.82) is 0 Å². The topological polar surface area (TPSA) is 46.5 Å². The lowest BCUT2D eigenvalue weighted by molar-refractivity contribution is -0.147. The SMILES string of the molecule is O=C1C=C[C@@H](O)O[C@@H]1Cc1ccccc1. The maximum Gasteiger partial charge on any atom is 0.184 e. The molecular formula is C12H12O3. The van der Waals surface area contributed by atoms with Gasteiger partial charge in [0.2, 0.25) is 0 Å². The minimum absolute atomic E-state index is 0.0934. The number of carbonyl (C=O) groups excluding carboxylic acids is 1. The normalized spacial score (nSPS) is 25.5. The van der Waals surface area contributed by atoms with E-state index in [9.17, 15) is 9.90 Å². The van der Waals surface area contributed by atoms with Crippen molar-refractivity contribution >= 4 is 5.78 Å². The third kappa shape index (κ3) is 2.52. The van der Waals surface area contributed by atoms with Crippen molar-refractivity contribution in [1.82, 2.24) is 0 Å². The summed E-state index contributed by atoms with van der Waals surface area (Å²) in [4.78, 5) is 11.4. The molecule has 1 aliphatic rings. The molecule has 0 saturated heterocycles. The van der Waals surface area contributed by atoms with Crippen molar-refractivity contribution in [3.63, 3.8) is 0 Å². The zero-order chi connectivity index (χ0) is 10.7. The highest BCUT2D eigenvalue weighted by Crippen LogP contribution is 2.13. The van der Waals surface area contributed by atoms with Crippen molar-refractivity contribution in [2.24, 2.45) is 0 Å². The van der Waals surface area contributed by atoms with Gasteiger partial charge < -0.3 is 9.84 Å². The molecule has 1 aromatic carbocycles. The van der Waals surface area contributed by atoms with Crippen LogP contribution < -0.4 is 0 Å². The Bertz CT molecular complexity index is 370. The van der Waals surface area contributed by atoms with Crippen LogP contribution in [0.15, 0.2) is 42.5 Å². The van der Waals surface area contributed by atoms with Crippen LogP contribution in [0.5, 0.6) is 0 Å². The molecule has 0 saturated carbocycles. The highest BCUT2D eigenvalue weighted by molar-refractivity contribution is 5.94. The second-order valence-electron chi connectivity index (χ2n) is 3.47. The Balaban J connectivity index is 2.07. The fraction of sp³-hybridized carbons (Fsp3) is 0.250. The summed E-state index contributed by atoms with van der Waals surface area (Å²) < 4.78 is 5.12. The predicted molar refractivity (Wildman–Crippen MR) is 55.2 cm³/mol. The lowest BCUT2D eigenvalue weighted by Crippen LogP contribution is -2.33. The van der Waals surface area contributed by atoms with Gasteiger partial charge in [-0.05, 0) is 17.7 Å². The predicted octanol–water partition coefficient (Wildman–Crippen LogP) is 1.07. The van der Waals surface area contributed by atoms with Gasteiger partial charge in [-0.1, -0.05) is 30.3 Å². The van der Waals surface area contributed by atoms with E-state index in [0.29, 0.717) is 6.42 Å². The summed E-state index contributed by atoms with van der Waals surface area (Å²) in [6, 6.07) is 9.61. The molecule has 3 nitrogen and oxygen atoms in total. The van der Waals surface area contributed by atoms with Crippen LogP contribution in [0, 0.1) is 0 Å². The number of ether oxygens (including phenoxy) is 1. The van der Waals surface area contributed by atoms with Crippen LogP contribution >= 0.6 is 0 Å². The molecule has 1 aromatic rings. The molecule has 0 radical (unpaired) electrons. The van der Waals surface area contributed by atoms with Crippen LogP contribution in [-0.4, -0.2) is 23.3 Å². The average Bonchev–Trinajstić information content (AvgIpc) is 2.25. The Labute approximate surface area is 88.0 Å². The molecule has 0 unspecified atom stereocenters. The molecule has 3 heteroatoms. The number of ketones is 1. The summed E-state index contributed by atoms with van der Waals surface area (Å²) >= 11 is 0. The van der Waals surface area contributed by atoms with Crippen LogP contribution in [-0.2, 0) is 16.0 Å². The van der Waals surface area contributed by atoms with Crippen molar-refractivity contribution in [3.05, 3.63) is 48.0 Å². The first-order valence-corrected chi connectivity index (χ1v) is 4.85. The maximum atomic E-state index is 11.4. The van der Waals surface area contributed by atoms with E-state index in [4.69, 9.17) is 4.74 Å². The summed E-state index contributed by atoms with van der Waals surface area (Å²) in [7, 11) is 0. The van der Waals surface area contributed by atoms with Crippen LogP contribution in [0.1, 0.15) is 5.56 Å². The number of aliphatic hydroxyl groups is 1. The number of aliphatic hydroxyl groups excluding tert-OH is 1. The molecule has 15 heavy (non-hydrogen) atoms. The van der Waals surface area contributed by atoms with Crippen LogP contribution in [0.2, 0.25) is 0 Å². The second kappa shape index (κ2) is 4.38. The van der Waals surface area contributed by atoms with Crippen molar-refractivity contribution < 1.29 is 14.6 Å². The lowest BCUT2D eigenvalue weighted by atomic mass is 10.0. The lowest BCUT2D eigenvalue weighted by Gasteiger charge is -2.21. The fourth-order valence-electron chi connectivity index (χ4n) is 1.54. The van der Waals surface area contributed by atoms with Crippen LogP contribution in [0.3, 0.4) is 0 Å². The van der Waals surface area contributed by atoms with Gasteiger partial charge in [-0.15, -0.1) is 0 Å². The van der Waals surface area contributed by atoms with Gasteiger partial charge in [-0.3, -0.25) is 4.79 Å². The third-order valence-corrected chi connectivity index (χ3v) is 2.31. The van der Waals surface area contributed by atoms with Gasteiger partial charge in [0.15, 0.2) is 12.1 Å². The Kier molecular flexibility index (Phi) is 2.94. The van der Waals surface area contributed by atoms with Gasteiger partial charge in [-0.25, -0.2) is 0 Å². The molecule has 0 aliphatic carbocycles. The first-order valence-electron chi connectivity index (χ1n) is 4.85. The van der Waals surface area contributed by atoms with Gasteiger partial charge in [0, 0.05) is 6.42 Å². The highest BCUT2D eigenvalue weighted by Gasteiger charge is 2.23. The zero-order valence-electron chi connectivity index (χ0n) is 8.17. The molecule has 0 amide bonds. The van der Waals surface area contributed by atoms with Gasteiger partial charge >= 0.3 is 0 Å². The first-order chi connectivity index (χ1) is 7.25. The molecule has 1 aliphatic heterocycles. The summed E-state index contributed by atoms with van der Waals surface area (Å²) in [6.45, 7) is 0. The Morgan fingerprint density at radius 1 is 1.27 bits per heavy atom. The van der Waals surface area contributed by atoms with Crippen molar-refractivity contribution in [2.75, 3.05) is 0 Å². The molecule has 0 aromatic heterocycles. The minimum atomic E-state index is -0.962. The van der Waals surface area contributed by atoms with Crippen LogP contribution in [0.25, 0.3) is 0 Å². The number of carbonyl (C=O) groups is 1. The molecule has 1 N–H and O–H groups in total. The molecule has 0 bridgehead atoms. The molecule has 2 rings (SSSR count). The standard InChI is InChI=1S/C12H12O3/c13-10-6-7-12(14)15-11(10)8-9-4-2-1-3-5-9/h1-7,11-12,14H,8H2/t11-,12+/m1/s1. The molecule has 1 heterocycles. The third-order valence-electron chi connectivity index (χ3n) is 2.31. The number of hydrogen-bond donors (Lipinski definition) is 1. The van der Waals surface area contributed by atoms with E-state index in [-0.39, 0.29) is 5.78 Å². The molecule has 0 fully saturated rings. The van der Waals surface area contributed by atoms with Crippen molar-refractivity contribution in [3.8, 4) is 0 Å². The molecule has 78 valence electrons. The van der Waals surface area contributed by atoms with E-state index in [2.05, 4.69) is 0 Å². The van der Waals surface area contributed by atoms with Crippen LogP contribution in [0.4, 0.5) is 0 Å². The van der Waals surface area contributed by atoms with E-state index in [1.807, 2.05) is 30.3 Å². The summed E-state index contributed by atoms with van der Waals surface area (Å²) in [5.41, 5.74) is 1.03. The second-order valence-corrected chi connectivity index (χ2v) is 3.47. The van der Waals surface area contributed by atoms with Gasteiger partial charge in [0.05, 0.1) is 0 Å². The number of benzene rings is 1. The fourth-order valence-corrected chi connectivity index (χ4v) is 1.54. The average molecular weight is 204 g/mol. The quantitative estimate of drug-likeness (QED) is 0.783. The van der Waals surface area contributed by atoms with E-state index in [0.717, 1.165) is 5.56 Å². The number of hydrogen-bond acceptors (Lipinski definition) is 3. The van der Waals surface area contributed by atoms with Gasteiger partial charge in [-0.2, -0.15) is 0 Å². The summed E-state index contributed by atoms with van der Waals surface area (Å²) in [5.74, 6) is -0.0934. The zero-order valence-corrected chi connectivity index (χ0v) is 8.17.